The summed E-state index contributed by atoms with van der Waals surface area (Å²) in [6.07, 6.45) is 3.97. The number of amides is 2. The number of hydrogen-bond acceptors (Lipinski definition) is 3. The topological polar surface area (TPSA) is 43.9 Å². The van der Waals surface area contributed by atoms with E-state index >= 15 is 0 Å². The molecule has 1 heterocycles. The zero-order chi connectivity index (χ0) is 19.3. The van der Waals surface area contributed by atoms with Crippen molar-refractivity contribution in [3.8, 4) is 0 Å². The van der Waals surface area contributed by atoms with Crippen molar-refractivity contribution in [2.75, 3.05) is 45.8 Å². The zero-order valence-electron chi connectivity index (χ0n) is 16.8. The summed E-state index contributed by atoms with van der Waals surface area (Å²) in [6, 6.07) is 10.3. The van der Waals surface area contributed by atoms with Crippen molar-refractivity contribution in [3.63, 3.8) is 0 Å². The normalized spacial score (nSPS) is 19.9. The quantitative estimate of drug-likeness (QED) is 0.772. The first-order valence-electron chi connectivity index (χ1n) is 10.5. The molecule has 3 rings (SSSR count). The average molecular weight is 372 g/mol. The van der Waals surface area contributed by atoms with Crippen LogP contribution in [0.25, 0.3) is 0 Å². The lowest BCUT2D eigenvalue weighted by Gasteiger charge is -2.44. The number of nitrogens with zero attached hydrogens (tertiary/aromatic N) is 3. The predicted octanol–water partition coefficient (Wildman–Crippen LogP) is 2.51. The summed E-state index contributed by atoms with van der Waals surface area (Å²) in [7, 11) is 0. The van der Waals surface area contributed by atoms with Crippen LogP contribution in [-0.2, 0) is 15.0 Å². The second-order valence-electron chi connectivity index (χ2n) is 7.79. The van der Waals surface area contributed by atoms with Crippen LogP contribution >= 0.6 is 0 Å². The van der Waals surface area contributed by atoms with E-state index in [1.54, 1.807) is 0 Å². The summed E-state index contributed by atoms with van der Waals surface area (Å²) < 4.78 is 0. The van der Waals surface area contributed by atoms with Crippen molar-refractivity contribution < 1.29 is 9.59 Å². The Morgan fingerprint density at radius 1 is 0.963 bits per heavy atom. The summed E-state index contributed by atoms with van der Waals surface area (Å²) in [5.74, 6) is 0.483. The van der Waals surface area contributed by atoms with Crippen molar-refractivity contribution in [2.24, 2.45) is 0 Å². The van der Waals surface area contributed by atoms with Gasteiger partial charge in [-0.1, -0.05) is 36.8 Å². The molecule has 0 aromatic heterocycles. The number of likely N-dealkylation sites (N-methyl/N-ethyl adjacent to an activating group) is 1. The van der Waals surface area contributed by atoms with Crippen molar-refractivity contribution in [3.05, 3.63) is 35.9 Å². The van der Waals surface area contributed by atoms with Gasteiger partial charge in [0.1, 0.15) is 0 Å². The van der Waals surface area contributed by atoms with E-state index in [0.717, 1.165) is 65.0 Å². The third kappa shape index (κ3) is 4.18. The van der Waals surface area contributed by atoms with Crippen LogP contribution in [0.3, 0.4) is 0 Å². The van der Waals surface area contributed by atoms with Gasteiger partial charge in [-0.2, -0.15) is 0 Å². The Morgan fingerprint density at radius 3 is 2.26 bits per heavy atom. The molecule has 1 aliphatic carbocycles. The van der Waals surface area contributed by atoms with Crippen LogP contribution in [-0.4, -0.2) is 72.3 Å². The fourth-order valence-electron chi connectivity index (χ4n) is 4.42. The second kappa shape index (κ2) is 8.87. The van der Waals surface area contributed by atoms with Gasteiger partial charge in [-0.05, 0) is 38.7 Å². The highest BCUT2D eigenvalue weighted by atomic mass is 16.2. The van der Waals surface area contributed by atoms with Crippen LogP contribution < -0.4 is 0 Å². The lowest BCUT2D eigenvalue weighted by molar-refractivity contribution is -0.140. The Kier molecular flexibility index (Phi) is 6.53. The number of benzene rings is 1. The summed E-state index contributed by atoms with van der Waals surface area (Å²) in [6.45, 7) is 9.20. The molecule has 0 spiro atoms. The molecule has 1 saturated carbocycles. The number of rotatable bonds is 6. The van der Waals surface area contributed by atoms with Crippen molar-refractivity contribution in [2.45, 2.75) is 44.9 Å². The van der Waals surface area contributed by atoms with Gasteiger partial charge in [0.15, 0.2) is 0 Å². The number of hydrogen-bond donors (Lipinski definition) is 0. The molecule has 2 amide bonds. The highest BCUT2D eigenvalue weighted by Gasteiger charge is 2.47. The molecule has 1 saturated heterocycles. The lowest BCUT2D eigenvalue weighted by Crippen LogP contribution is -2.52. The Balaban J connectivity index is 1.62. The monoisotopic (exact) mass is 371 g/mol. The van der Waals surface area contributed by atoms with Gasteiger partial charge in [-0.3, -0.25) is 14.5 Å². The number of carbonyl (C=O) groups excluding carboxylic acids is 2. The van der Waals surface area contributed by atoms with Gasteiger partial charge in [0.25, 0.3) is 0 Å². The third-order valence-corrected chi connectivity index (χ3v) is 6.29. The SMILES string of the molecule is CCN(CC)C(=O)CN1CCCN(C(=O)C2(c3ccccc3)CCC2)CC1. The van der Waals surface area contributed by atoms with Gasteiger partial charge in [0.05, 0.1) is 12.0 Å². The van der Waals surface area contributed by atoms with Crippen molar-refractivity contribution >= 4 is 11.8 Å². The maximum absolute atomic E-state index is 13.4. The van der Waals surface area contributed by atoms with Gasteiger partial charge < -0.3 is 9.80 Å². The minimum atomic E-state index is -0.312. The first kappa shape index (κ1) is 19.9. The summed E-state index contributed by atoms with van der Waals surface area (Å²) >= 11 is 0. The second-order valence-corrected chi connectivity index (χ2v) is 7.79. The first-order chi connectivity index (χ1) is 13.1. The summed E-state index contributed by atoms with van der Waals surface area (Å²) in [5.41, 5.74) is 0.854. The largest absolute Gasteiger partial charge is 0.342 e. The molecule has 1 aromatic carbocycles. The Bertz CT molecular complexity index is 638. The predicted molar refractivity (Wildman–Crippen MR) is 108 cm³/mol. The molecule has 2 aliphatic rings. The van der Waals surface area contributed by atoms with Crippen LogP contribution in [0, 0.1) is 0 Å². The van der Waals surface area contributed by atoms with E-state index in [0.29, 0.717) is 6.54 Å². The smallest absolute Gasteiger partial charge is 0.236 e. The molecule has 5 heteroatoms. The van der Waals surface area contributed by atoms with Crippen molar-refractivity contribution in [1.29, 1.82) is 0 Å². The average Bonchev–Trinajstić information content (AvgIpc) is 2.88. The molecule has 5 nitrogen and oxygen atoms in total. The molecular formula is C22H33N3O2. The maximum Gasteiger partial charge on any atom is 0.236 e. The molecule has 0 bridgehead atoms. The Hall–Kier alpha value is -1.88. The lowest BCUT2D eigenvalue weighted by atomic mass is 9.63. The minimum absolute atomic E-state index is 0.194. The molecule has 1 aromatic rings. The van der Waals surface area contributed by atoms with E-state index < -0.39 is 0 Å². The van der Waals surface area contributed by atoms with Crippen LogP contribution in [0.4, 0.5) is 0 Å². The van der Waals surface area contributed by atoms with E-state index in [9.17, 15) is 9.59 Å². The van der Waals surface area contributed by atoms with E-state index in [1.807, 2.05) is 41.8 Å². The molecule has 148 valence electrons. The van der Waals surface area contributed by atoms with Gasteiger partial charge in [-0.15, -0.1) is 0 Å². The van der Waals surface area contributed by atoms with Crippen LogP contribution in [0.5, 0.6) is 0 Å². The molecule has 0 N–H and O–H groups in total. The van der Waals surface area contributed by atoms with Crippen LogP contribution in [0.1, 0.15) is 45.1 Å². The van der Waals surface area contributed by atoms with E-state index in [4.69, 9.17) is 0 Å². The highest BCUT2D eigenvalue weighted by Crippen LogP contribution is 2.45. The van der Waals surface area contributed by atoms with Gasteiger partial charge in [0.2, 0.25) is 11.8 Å². The van der Waals surface area contributed by atoms with Gasteiger partial charge in [-0.25, -0.2) is 0 Å². The van der Waals surface area contributed by atoms with E-state index in [-0.39, 0.29) is 17.2 Å². The summed E-state index contributed by atoms with van der Waals surface area (Å²) in [5, 5.41) is 0. The molecule has 0 unspecified atom stereocenters. The zero-order valence-corrected chi connectivity index (χ0v) is 16.8. The van der Waals surface area contributed by atoms with E-state index in [2.05, 4.69) is 17.0 Å². The van der Waals surface area contributed by atoms with Crippen LogP contribution in [0.15, 0.2) is 30.3 Å². The third-order valence-electron chi connectivity index (χ3n) is 6.29. The van der Waals surface area contributed by atoms with E-state index in [1.165, 1.54) is 5.56 Å². The highest BCUT2D eigenvalue weighted by molar-refractivity contribution is 5.89. The molecule has 27 heavy (non-hydrogen) atoms. The molecule has 1 aliphatic heterocycles. The molecule has 2 fully saturated rings. The fraction of sp³-hybridized carbons (Fsp3) is 0.636. The fourth-order valence-corrected chi connectivity index (χ4v) is 4.42. The molecular weight excluding hydrogens is 338 g/mol. The number of carbonyl (C=O) groups is 2. The Morgan fingerprint density at radius 2 is 1.67 bits per heavy atom. The molecule has 0 radical (unpaired) electrons. The first-order valence-corrected chi connectivity index (χ1v) is 10.5. The minimum Gasteiger partial charge on any atom is -0.342 e. The van der Waals surface area contributed by atoms with Crippen LogP contribution in [0.2, 0.25) is 0 Å². The summed E-state index contributed by atoms with van der Waals surface area (Å²) in [4.78, 5) is 32.0. The molecule has 0 atom stereocenters. The van der Waals surface area contributed by atoms with Gasteiger partial charge >= 0.3 is 0 Å². The standard InChI is InChI=1S/C22H33N3O2/c1-3-24(4-2)20(26)18-23-14-9-15-25(17-16-23)21(27)22(12-8-13-22)19-10-6-5-7-11-19/h5-7,10-11H,3-4,8-9,12-18H2,1-2H3. The van der Waals surface area contributed by atoms with Gasteiger partial charge in [0, 0.05) is 39.3 Å². The van der Waals surface area contributed by atoms with Crippen molar-refractivity contribution in [1.82, 2.24) is 14.7 Å². The Labute approximate surface area is 163 Å². The maximum atomic E-state index is 13.4.